The minimum Gasteiger partial charge on any atom is -0.255 e. The third-order valence-electron chi connectivity index (χ3n) is 8.69. The van der Waals surface area contributed by atoms with E-state index in [9.17, 15) is 0 Å². The maximum Gasteiger partial charge on any atom is 0.297 e. The van der Waals surface area contributed by atoms with E-state index < -0.39 is 0 Å². The number of rotatable bonds is 2. The maximum atomic E-state index is 4.91. The van der Waals surface area contributed by atoms with Crippen LogP contribution < -0.4 is 4.57 Å². The molecule has 0 N–H and O–H groups in total. The van der Waals surface area contributed by atoms with E-state index in [4.69, 9.17) is 4.98 Å². The number of nitrogens with zero attached hydrogens (tertiary/aromatic N) is 3. The lowest BCUT2D eigenvalue weighted by atomic mass is 9.95. The molecule has 166 valence electrons. The quantitative estimate of drug-likeness (QED) is 0.212. The van der Waals surface area contributed by atoms with Gasteiger partial charge in [0.05, 0.1) is 18.0 Å². The van der Waals surface area contributed by atoms with Crippen molar-refractivity contribution in [2.75, 3.05) is 0 Å². The Morgan fingerprint density at radius 3 is 2.15 bits per heavy atom. The van der Waals surface area contributed by atoms with Gasteiger partial charge in [0.1, 0.15) is 5.52 Å². The summed E-state index contributed by atoms with van der Waals surface area (Å²) in [6.07, 6.45) is 12.8. The summed E-state index contributed by atoms with van der Waals surface area (Å²) < 4.78 is 4.95. The Bertz CT molecular complexity index is 1550. The summed E-state index contributed by atoms with van der Waals surface area (Å²) in [5, 5.41) is 2.55. The van der Waals surface area contributed by atoms with Crippen molar-refractivity contribution in [1.29, 1.82) is 0 Å². The third kappa shape index (κ3) is 2.81. The van der Waals surface area contributed by atoms with E-state index >= 15 is 0 Å². The van der Waals surface area contributed by atoms with Gasteiger partial charge in [0.25, 0.3) is 5.65 Å². The number of hydrogen-bond acceptors (Lipinski definition) is 1. The van der Waals surface area contributed by atoms with Crippen LogP contribution in [0.25, 0.3) is 38.5 Å². The van der Waals surface area contributed by atoms with E-state index in [0.717, 1.165) is 11.4 Å². The number of imidazole rings is 1. The van der Waals surface area contributed by atoms with Crippen LogP contribution in [0.2, 0.25) is 0 Å². The molecule has 2 fully saturated rings. The van der Waals surface area contributed by atoms with Crippen LogP contribution in [0, 0.1) is 6.92 Å². The highest BCUT2D eigenvalue weighted by molar-refractivity contribution is 6.11. The lowest BCUT2D eigenvalue weighted by Crippen LogP contribution is -2.27. The highest BCUT2D eigenvalue weighted by atomic mass is 15.1. The van der Waals surface area contributed by atoms with E-state index in [0.29, 0.717) is 5.92 Å². The van der Waals surface area contributed by atoms with Crippen molar-refractivity contribution >= 4 is 38.5 Å². The van der Waals surface area contributed by atoms with Crippen molar-refractivity contribution in [2.24, 2.45) is 7.05 Å². The molecule has 7 rings (SSSR count). The van der Waals surface area contributed by atoms with Crippen LogP contribution in [-0.4, -0.2) is 9.38 Å². The molecule has 0 amide bonds. The summed E-state index contributed by atoms with van der Waals surface area (Å²) >= 11 is 0. The Labute approximate surface area is 195 Å². The number of hydrogen-bond donors (Lipinski definition) is 0. The second-order valence-electron chi connectivity index (χ2n) is 10.6. The highest BCUT2D eigenvalue weighted by Crippen LogP contribution is 2.39. The molecule has 3 aromatic heterocycles. The zero-order valence-electron chi connectivity index (χ0n) is 19.8. The average molecular weight is 435 g/mol. The minimum absolute atomic E-state index is 0.704. The molecule has 33 heavy (non-hydrogen) atoms. The normalized spacial score (nSPS) is 18.0. The highest BCUT2D eigenvalue weighted by Gasteiger charge is 2.27. The van der Waals surface area contributed by atoms with Crippen LogP contribution in [0.5, 0.6) is 0 Å². The standard InChI is InChI=1S/C30H32N3/c1-19-15-16-31-29-24-13-11-22(20-7-3-4-8-20)17-26(24)33-27-18-23(21-9-5-6-10-21)12-14-25(27)32(2)30(33)28(19)29/h11-18,20-21H,3-10H2,1-2H3/q+1. The van der Waals surface area contributed by atoms with Gasteiger partial charge in [-0.2, -0.15) is 4.40 Å². The Morgan fingerprint density at radius 2 is 1.45 bits per heavy atom. The maximum absolute atomic E-state index is 4.91. The molecule has 0 saturated heterocycles. The Balaban J connectivity index is 1.65. The summed E-state index contributed by atoms with van der Waals surface area (Å²) in [5.74, 6) is 1.42. The number of fused-ring (bicyclic) bond motifs is 8. The molecule has 3 heteroatoms. The molecular formula is C30H32N3+. The van der Waals surface area contributed by atoms with Crippen molar-refractivity contribution in [3.05, 3.63) is 65.4 Å². The second kappa shape index (κ2) is 7.28. The summed E-state index contributed by atoms with van der Waals surface area (Å²) in [6.45, 7) is 2.23. The van der Waals surface area contributed by atoms with Crippen LogP contribution in [0.4, 0.5) is 0 Å². The smallest absolute Gasteiger partial charge is 0.255 e. The van der Waals surface area contributed by atoms with E-state index in [1.54, 1.807) is 0 Å². The van der Waals surface area contributed by atoms with Crippen molar-refractivity contribution in [3.8, 4) is 0 Å². The zero-order valence-corrected chi connectivity index (χ0v) is 19.8. The number of aromatic nitrogens is 3. The van der Waals surface area contributed by atoms with E-state index in [1.165, 1.54) is 101 Å². The monoisotopic (exact) mass is 434 g/mol. The third-order valence-corrected chi connectivity index (χ3v) is 8.69. The molecule has 0 atom stereocenters. The molecule has 3 heterocycles. The predicted molar refractivity (Wildman–Crippen MR) is 136 cm³/mol. The molecule has 0 spiro atoms. The largest absolute Gasteiger partial charge is 0.297 e. The first-order valence-corrected chi connectivity index (χ1v) is 12.9. The summed E-state index contributed by atoms with van der Waals surface area (Å²) in [7, 11) is 2.23. The van der Waals surface area contributed by atoms with Gasteiger partial charge in [0, 0.05) is 11.6 Å². The first-order valence-electron chi connectivity index (χ1n) is 12.9. The molecule has 0 aliphatic heterocycles. The number of benzene rings is 2. The van der Waals surface area contributed by atoms with Crippen molar-refractivity contribution in [3.63, 3.8) is 0 Å². The van der Waals surface area contributed by atoms with Crippen molar-refractivity contribution in [1.82, 2.24) is 9.38 Å². The van der Waals surface area contributed by atoms with Crippen molar-refractivity contribution < 1.29 is 4.57 Å². The lowest BCUT2D eigenvalue weighted by molar-refractivity contribution is -0.617. The fraction of sp³-hybridized carbons (Fsp3) is 0.400. The van der Waals surface area contributed by atoms with Gasteiger partial charge in [-0.3, -0.25) is 4.98 Å². The Morgan fingerprint density at radius 1 is 0.818 bits per heavy atom. The van der Waals surface area contributed by atoms with E-state index in [1.807, 2.05) is 6.20 Å². The number of aryl methyl sites for hydroxylation is 2. The molecule has 2 saturated carbocycles. The van der Waals surface area contributed by atoms with Crippen LogP contribution in [0.1, 0.15) is 79.9 Å². The Hall–Kier alpha value is -2.94. The molecular weight excluding hydrogens is 402 g/mol. The van der Waals surface area contributed by atoms with Gasteiger partial charge in [-0.15, -0.1) is 0 Å². The van der Waals surface area contributed by atoms with Gasteiger partial charge < -0.3 is 0 Å². The van der Waals surface area contributed by atoms with Gasteiger partial charge in [0.15, 0.2) is 11.0 Å². The van der Waals surface area contributed by atoms with Gasteiger partial charge in [0.2, 0.25) is 0 Å². The molecule has 0 radical (unpaired) electrons. The first-order chi connectivity index (χ1) is 16.2. The van der Waals surface area contributed by atoms with Gasteiger partial charge >= 0.3 is 0 Å². The topological polar surface area (TPSA) is 21.2 Å². The molecule has 2 aliphatic carbocycles. The minimum atomic E-state index is 0.704. The molecule has 5 aromatic rings. The molecule has 3 nitrogen and oxygen atoms in total. The molecule has 0 unspecified atom stereocenters. The van der Waals surface area contributed by atoms with Crippen LogP contribution in [0.15, 0.2) is 48.7 Å². The fourth-order valence-electron chi connectivity index (χ4n) is 6.91. The van der Waals surface area contributed by atoms with Crippen molar-refractivity contribution in [2.45, 2.75) is 70.1 Å². The summed E-state index contributed by atoms with van der Waals surface area (Å²) in [4.78, 5) is 4.91. The lowest BCUT2D eigenvalue weighted by Gasteiger charge is -2.12. The van der Waals surface area contributed by atoms with Crippen LogP contribution in [0.3, 0.4) is 0 Å². The zero-order chi connectivity index (χ0) is 22.1. The average Bonchev–Trinajstić information content (AvgIpc) is 3.61. The number of pyridine rings is 2. The first kappa shape index (κ1) is 19.5. The van der Waals surface area contributed by atoms with Crippen LogP contribution >= 0.6 is 0 Å². The van der Waals surface area contributed by atoms with Crippen LogP contribution in [-0.2, 0) is 7.05 Å². The fourth-order valence-corrected chi connectivity index (χ4v) is 6.91. The molecule has 2 aliphatic rings. The summed E-state index contributed by atoms with van der Waals surface area (Å²) in [5.41, 5.74) is 10.7. The van der Waals surface area contributed by atoms with E-state index in [2.05, 4.69) is 65.4 Å². The van der Waals surface area contributed by atoms with Gasteiger partial charge in [-0.25, -0.2) is 4.57 Å². The second-order valence-corrected chi connectivity index (χ2v) is 10.6. The molecule has 2 aromatic carbocycles. The summed E-state index contributed by atoms with van der Waals surface area (Å²) in [6, 6.07) is 16.6. The van der Waals surface area contributed by atoms with Gasteiger partial charge in [-0.1, -0.05) is 37.8 Å². The SMILES string of the molecule is Cc1ccnc2c3ccc(C4CCCC4)cc3n3c4cc(C5CCCC5)ccc4[n+](C)c3c12. The predicted octanol–water partition coefficient (Wildman–Crippen LogP) is 7.24. The Kier molecular flexibility index (Phi) is 4.31. The molecule has 0 bridgehead atoms. The van der Waals surface area contributed by atoms with E-state index in [-0.39, 0.29) is 0 Å². The van der Waals surface area contributed by atoms with Gasteiger partial charge in [-0.05, 0) is 91.5 Å².